The third-order valence-corrected chi connectivity index (χ3v) is 2.26. The van der Waals surface area contributed by atoms with Crippen LogP contribution in [0.15, 0.2) is 4.99 Å². The van der Waals surface area contributed by atoms with Crippen molar-refractivity contribution in [3.63, 3.8) is 0 Å². The fraction of sp³-hybridized carbons (Fsp3) is 0.909. The molecule has 1 atom stereocenters. The maximum absolute atomic E-state index is 5.74. The molecule has 1 heterocycles. The van der Waals surface area contributed by atoms with Gasteiger partial charge in [0.1, 0.15) is 0 Å². The van der Waals surface area contributed by atoms with Crippen LogP contribution in [0.2, 0.25) is 0 Å². The van der Waals surface area contributed by atoms with Gasteiger partial charge in [-0.15, -0.1) is 24.0 Å². The summed E-state index contributed by atoms with van der Waals surface area (Å²) in [5, 5.41) is 3.13. The Balaban J connectivity index is 0.00000225. The summed E-state index contributed by atoms with van der Waals surface area (Å²) < 4.78 is 5.51. The minimum atomic E-state index is -0.0164. The van der Waals surface area contributed by atoms with Crippen molar-refractivity contribution in [2.75, 3.05) is 13.2 Å². The van der Waals surface area contributed by atoms with Crippen LogP contribution >= 0.6 is 24.0 Å². The van der Waals surface area contributed by atoms with Crippen LogP contribution in [0.25, 0.3) is 0 Å². The number of ether oxygens (including phenoxy) is 1. The summed E-state index contributed by atoms with van der Waals surface area (Å²) >= 11 is 0. The van der Waals surface area contributed by atoms with Crippen LogP contribution < -0.4 is 11.1 Å². The molecule has 0 aromatic heterocycles. The molecule has 0 aromatic rings. The number of hydrogen-bond acceptors (Lipinski definition) is 2. The number of guanidine groups is 1. The Labute approximate surface area is 115 Å². The molecule has 16 heavy (non-hydrogen) atoms. The van der Waals surface area contributed by atoms with E-state index in [2.05, 4.69) is 31.1 Å². The van der Waals surface area contributed by atoms with Crippen LogP contribution in [-0.4, -0.2) is 30.8 Å². The zero-order valence-electron chi connectivity index (χ0n) is 10.5. The smallest absolute Gasteiger partial charge is 0.188 e. The second-order valence-corrected chi connectivity index (χ2v) is 5.07. The molecule has 1 unspecified atom stereocenters. The molecule has 1 saturated heterocycles. The molecule has 5 heteroatoms. The lowest BCUT2D eigenvalue weighted by Crippen LogP contribution is -2.45. The minimum absolute atomic E-state index is 0. The molecule has 0 saturated carbocycles. The summed E-state index contributed by atoms with van der Waals surface area (Å²) in [5.74, 6) is 0.528. The number of nitrogens with one attached hydrogen (secondary N) is 1. The molecule has 1 aliphatic heterocycles. The summed E-state index contributed by atoms with van der Waals surface area (Å²) in [4.78, 5) is 4.28. The van der Waals surface area contributed by atoms with Crippen molar-refractivity contribution in [1.29, 1.82) is 0 Å². The molecule has 1 fully saturated rings. The highest BCUT2D eigenvalue weighted by Gasteiger charge is 2.14. The van der Waals surface area contributed by atoms with Gasteiger partial charge < -0.3 is 15.8 Å². The standard InChI is InChI=1S/C11H23N3O.HI/c1-11(2,3)14-10(12)13-7-6-9-5-4-8-15-9;/h9H,4-8H2,1-3H3,(H3,12,13,14);1H. The zero-order valence-corrected chi connectivity index (χ0v) is 12.8. The van der Waals surface area contributed by atoms with Gasteiger partial charge in [0.05, 0.1) is 6.10 Å². The summed E-state index contributed by atoms with van der Waals surface area (Å²) in [6.45, 7) is 7.85. The van der Waals surface area contributed by atoms with E-state index in [4.69, 9.17) is 10.5 Å². The van der Waals surface area contributed by atoms with E-state index in [0.29, 0.717) is 12.1 Å². The Morgan fingerprint density at radius 2 is 2.19 bits per heavy atom. The van der Waals surface area contributed by atoms with Crippen LogP contribution in [0.3, 0.4) is 0 Å². The van der Waals surface area contributed by atoms with E-state index in [1.54, 1.807) is 0 Å². The molecule has 0 aromatic carbocycles. The maximum atomic E-state index is 5.74. The molecule has 0 bridgehead atoms. The molecular formula is C11H24IN3O. The number of aliphatic imine (C=N–C) groups is 1. The van der Waals surface area contributed by atoms with Crippen molar-refractivity contribution in [2.45, 2.75) is 51.7 Å². The van der Waals surface area contributed by atoms with Crippen molar-refractivity contribution < 1.29 is 4.74 Å². The Morgan fingerprint density at radius 1 is 1.50 bits per heavy atom. The first-order valence-corrected chi connectivity index (χ1v) is 5.67. The summed E-state index contributed by atoms with van der Waals surface area (Å²) in [7, 11) is 0. The lowest BCUT2D eigenvalue weighted by atomic mass is 10.1. The Kier molecular flexibility index (Phi) is 7.30. The van der Waals surface area contributed by atoms with Crippen molar-refractivity contribution in [3.8, 4) is 0 Å². The predicted octanol–water partition coefficient (Wildman–Crippen LogP) is 1.88. The number of halogens is 1. The number of hydrogen-bond donors (Lipinski definition) is 2. The van der Waals surface area contributed by atoms with Crippen LogP contribution in [0, 0.1) is 0 Å². The average molecular weight is 341 g/mol. The Morgan fingerprint density at radius 3 is 2.69 bits per heavy atom. The molecule has 96 valence electrons. The average Bonchev–Trinajstić information content (AvgIpc) is 2.53. The van der Waals surface area contributed by atoms with Gasteiger partial charge in [0.25, 0.3) is 0 Å². The molecular weight excluding hydrogens is 317 g/mol. The van der Waals surface area contributed by atoms with E-state index in [0.717, 1.165) is 19.6 Å². The first-order valence-electron chi connectivity index (χ1n) is 5.67. The topological polar surface area (TPSA) is 59.6 Å². The van der Waals surface area contributed by atoms with Crippen LogP contribution in [0.5, 0.6) is 0 Å². The number of rotatable bonds is 3. The van der Waals surface area contributed by atoms with Crippen LogP contribution in [0.4, 0.5) is 0 Å². The lowest BCUT2D eigenvalue weighted by Gasteiger charge is -2.21. The molecule has 0 radical (unpaired) electrons. The lowest BCUT2D eigenvalue weighted by molar-refractivity contribution is 0.106. The van der Waals surface area contributed by atoms with Gasteiger partial charge in [-0.05, 0) is 40.0 Å². The molecule has 0 amide bonds. The summed E-state index contributed by atoms with van der Waals surface area (Å²) in [6.07, 6.45) is 3.73. The first kappa shape index (κ1) is 16.0. The van der Waals surface area contributed by atoms with E-state index in [9.17, 15) is 0 Å². The number of nitrogens with two attached hydrogens (primary N) is 1. The van der Waals surface area contributed by atoms with Gasteiger partial charge in [-0.3, -0.25) is 4.99 Å². The molecule has 0 spiro atoms. The third kappa shape index (κ3) is 7.27. The highest BCUT2D eigenvalue weighted by molar-refractivity contribution is 14.0. The second kappa shape index (κ2) is 7.32. The van der Waals surface area contributed by atoms with E-state index in [1.807, 2.05) is 0 Å². The summed E-state index contributed by atoms with van der Waals surface area (Å²) in [5.41, 5.74) is 5.73. The molecule has 1 rings (SSSR count). The van der Waals surface area contributed by atoms with Crippen molar-refractivity contribution in [1.82, 2.24) is 5.32 Å². The molecule has 4 nitrogen and oxygen atoms in total. The van der Waals surface area contributed by atoms with Gasteiger partial charge in [-0.25, -0.2) is 0 Å². The van der Waals surface area contributed by atoms with Crippen molar-refractivity contribution >= 4 is 29.9 Å². The SMILES string of the molecule is CC(C)(C)NC(N)=NCCC1CCCO1.I. The van der Waals surface area contributed by atoms with E-state index >= 15 is 0 Å². The normalized spacial score (nSPS) is 21.7. The quantitative estimate of drug-likeness (QED) is 0.468. The Hall–Kier alpha value is -0.0400. The van der Waals surface area contributed by atoms with E-state index in [1.165, 1.54) is 12.8 Å². The summed E-state index contributed by atoms with van der Waals surface area (Å²) in [6, 6.07) is 0. The number of nitrogens with zero attached hydrogens (tertiary/aromatic N) is 1. The highest BCUT2D eigenvalue weighted by Crippen LogP contribution is 2.14. The van der Waals surface area contributed by atoms with Gasteiger partial charge >= 0.3 is 0 Å². The van der Waals surface area contributed by atoms with Crippen LogP contribution in [0.1, 0.15) is 40.0 Å². The zero-order chi connectivity index (χ0) is 11.3. The molecule has 1 aliphatic rings. The Bertz CT molecular complexity index is 220. The highest BCUT2D eigenvalue weighted by atomic mass is 127. The fourth-order valence-electron chi connectivity index (χ4n) is 1.62. The molecule has 0 aliphatic carbocycles. The van der Waals surface area contributed by atoms with Crippen LogP contribution in [-0.2, 0) is 4.74 Å². The third-order valence-electron chi connectivity index (χ3n) is 2.26. The van der Waals surface area contributed by atoms with Gasteiger partial charge in [0, 0.05) is 18.7 Å². The van der Waals surface area contributed by atoms with Gasteiger partial charge in [-0.1, -0.05) is 0 Å². The minimum Gasteiger partial charge on any atom is -0.378 e. The first-order chi connectivity index (χ1) is 6.97. The van der Waals surface area contributed by atoms with Crippen molar-refractivity contribution in [2.24, 2.45) is 10.7 Å². The largest absolute Gasteiger partial charge is 0.378 e. The fourth-order valence-corrected chi connectivity index (χ4v) is 1.62. The van der Waals surface area contributed by atoms with Gasteiger partial charge in [-0.2, -0.15) is 0 Å². The van der Waals surface area contributed by atoms with E-state index < -0.39 is 0 Å². The maximum Gasteiger partial charge on any atom is 0.188 e. The second-order valence-electron chi connectivity index (χ2n) is 5.07. The van der Waals surface area contributed by atoms with Gasteiger partial charge in [0.15, 0.2) is 5.96 Å². The van der Waals surface area contributed by atoms with Crippen molar-refractivity contribution in [3.05, 3.63) is 0 Å². The monoisotopic (exact) mass is 341 g/mol. The molecule has 3 N–H and O–H groups in total. The predicted molar refractivity (Wildman–Crippen MR) is 78.4 cm³/mol. The van der Waals surface area contributed by atoms with Gasteiger partial charge in [0.2, 0.25) is 0 Å². The van der Waals surface area contributed by atoms with E-state index in [-0.39, 0.29) is 29.5 Å².